The number of phosphoric ester groups is 1. The maximum absolute atomic E-state index is 12.6. The zero-order valence-electron chi connectivity index (χ0n) is 36.4. The largest absolute Gasteiger partial charge is 0.472 e. The Morgan fingerprint density at radius 2 is 1.03 bits per heavy atom. The first-order chi connectivity index (χ1) is 28.5. The third-order valence-corrected chi connectivity index (χ3v) is 10.3. The van der Waals surface area contributed by atoms with E-state index in [1.54, 1.807) is 0 Å². The summed E-state index contributed by atoms with van der Waals surface area (Å²) in [5, 5.41) is 39.0. The maximum Gasteiger partial charge on any atom is 0.472 e. The molecule has 0 aromatic rings. The van der Waals surface area contributed by atoms with E-state index >= 15 is 0 Å². The molecule has 12 nitrogen and oxygen atoms in total. The topological polar surface area (TPSA) is 189 Å². The maximum atomic E-state index is 12.6. The van der Waals surface area contributed by atoms with E-state index in [0.717, 1.165) is 70.6 Å². The molecule has 0 saturated carbocycles. The molecule has 342 valence electrons. The summed E-state index contributed by atoms with van der Waals surface area (Å²) in [5.74, 6) is -1.22. The van der Waals surface area contributed by atoms with Gasteiger partial charge >= 0.3 is 19.8 Å². The van der Waals surface area contributed by atoms with Gasteiger partial charge < -0.3 is 34.8 Å². The molecule has 0 aliphatic rings. The van der Waals surface area contributed by atoms with E-state index < -0.39 is 70.6 Å². The van der Waals surface area contributed by atoms with Crippen molar-refractivity contribution in [1.29, 1.82) is 0 Å². The van der Waals surface area contributed by atoms with E-state index in [1.165, 1.54) is 44.9 Å². The first kappa shape index (κ1) is 56.6. The van der Waals surface area contributed by atoms with E-state index in [2.05, 4.69) is 67.0 Å². The van der Waals surface area contributed by atoms with Crippen LogP contribution in [0.1, 0.15) is 168 Å². The second-order valence-electron chi connectivity index (χ2n) is 15.0. The minimum atomic E-state index is -4.69. The van der Waals surface area contributed by atoms with Crippen LogP contribution in [-0.2, 0) is 32.7 Å². The number of phosphoric acid groups is 1. The summed E-state index contributed by atoms with van der Waals surface area (Å²) >= 11 is 0. The fraction of sp³-hybridized carbons (Fsp3) is 0.739. The van der Waals surface area contributed by atoms with Crippen LogP contribution in [0.5, 0.6) is 0 Å². The average molecular weight is 857 g/mol. The predicted octanol–water partition coefficient (Wildman–Crippen LogP) is 9.83. The van der Waals surface area contributed by atoms with Gasteiger partial charge in [-0.3, -0.25) is 18.6 Å². The number of unbranched alkanes of at least 4 members (excludes halogenated alkanes) is 13. The number of ether oxygens (including phenoxy) is 2. The van der Waals surface area contributed by atoms with Gasteiger partial charge in [-0.2, -0.15) is 0 Å². The Hall–Kier alpha value is -2.41. The lowest BCUT2D eigenvalue weighted by molar-refractivity contribution is -0.161. The molecular formula is C46H81O12P. The van der Waals surface area contributed by atoms with Crippen molar-refractivity contribution in [3.63, 3.8) is 0 Å². The lowest BCUT2D eigenvalue weighted by Crippen LogP contribution is -2.30. The van der Waals surface area contributed by atoms with Gasteiger partial charge in [0.05, 0.1) is 32.0 Å². The predicted molar refractivity (Wildman–Crippen MR) is 236 cm³/mol. The zero-order chi connectivity index (χ0) is 43.7. The summed E-state index contributed by atoms with van der Waals surface area (Å²) in [4.78, 5) is 35.1. The summed E-state index contributed by atoms with van der Waals surface area (Å²) in [6.07, 6.45) is 37.8. The molecular weight excluding hydrogens is 775 g/mol. The lowest BCUT2D eigenvalue weighted by Gasteiger charge is -2.20. The zero-order valence-corrected chi connectivity index (χ0v) is 37.3. The Morgan fingerprint density at radius 1 is 0.559 bits per heavy atom. The molecule has 3 unspecified atom stereocenters. The van der Waals surface area contributed by atoms with Crippen molar-refractivity contribution >= 4 is 19.8 Å². The molecule has 0 saturated heterocycles. The number of carbonyl (C=O) groups is 2. The van der Waals surface area contributed by atoms with Crippen molar-refractivity contribution in [2.24, 2.45) is 0 Å². The molecule has 59 heavy (non-hydrogen) atoms. The summed E-state index contributed by atoms with van der Waals surface area (Å²) in [6.45, 7) is 1.98. The second-order valence-corrected chi connectivity index (χ2v) is 16.5. The quantitative estimate of drug-likeness (QED) is 0.0170. The fourth-order valence-electron chi connectivity index (χ4n) is 5.71. The van der Waals surface area contributed by atoms with E-state index in [0.29, 0.717) is 6.42 Å². The van der Waals surface area contributed by atoms with Crippen molar-refractivity contribution in [2.75, 3.05) is 26.4 Å². The number of esters is 2. The Balaban J connectivity index is 4.53. The third kappa shape index (κ3) is 39.5. The number of allylic oxidation sites excluding steroid dienone is 9. The van der Waals surface area contributed by atoms with Gasteiger partial charge in [-0.05, 0) is 83.5 Å². The van der Waals surface area contributed by atoms with Crippen LogP contribution in [0.2, 0.25) is 0 Å². The van der Waals surface area contributed by atoms with Crippen molar-refractivity contribution in [3.8, 4) is 0 Å². The van der Waals surface area contributed by atoms with E-state index in [4.69, 9.17) is 19.1 Å². The SMILES string of the molecule is CCCCC/C=C\C/C=C\C/C=C\CC(O)C(O)CCCC(=O)OC[C@H](COP(=O)(O)OC[C@@H](O)CO)OC(=O)CCCCCCCCC/C=C\C/C=C\CCCCC. The second kappa shape index (κ2) is 41.0. The number of hydrogen-bond donors (Lipinski definition) is 5. The highest BCUT2D eigenvalue weighted by atomic mass is 31.2. The van der Waals surface area contributed by atoms with Gasteiger partial charge in [0.25, 0.3) is 0 Å². The Labute approximate surface area is 356 Å². The standard InChI is InChI=1S/C46H81O12P/c1-3-5-7-9-11-13-15-17-18-19-20-21-23-25-27-29-31-35-46(52)58-42(40-57-59(53,54)56-38-41(48)37-47)39-55-45(51)36-32-34-44(50)43(49)33-30-28-26-24-22-16-14-12-10-8-6-4-2/h11-14,17-18,22,24,28,30,41-44,47-50H,3-10,15-16,19-21,23,25-27,29,31-40H2,1-2H3,(H,53,54)/b13-11-,14-12-,18-17-,24-22-,30-28-/t41-,42+,43?,44?/m0/s1. The fourth-order valence-corrected chi connectivity index (χ4v) is 6.50. The molecule has 0 aromatic carbocycles. The molecule has 13 heteroatoms. The molecule has 5 N–H and O–H groups in total. The minimum Gasteiger partial charge on any atom is -0.462 e. The van der Waals surface area contributed by atoms with Crippen molar-refractivity contribution in [3.05, 3.63) is 60.8 Å². The average Bonchev–Trinajstić information content (AvgIpc) is 3.22. The van der Waals surface area contributed by atoms with Gasteiger partial charge in [0.2, 0.25) is 0 Å². The molecule has 0 fully saturated rings. The highest BCUT2D eigenvalue weighted by molar-refractivity contribution is 7.47. The molecule has 0 radical (unpaired) electrons. The number of aliphatic hydroxyl groups excluding tert-OH is 4. The molecule has 0 rings (SSSR count). The molecule has 0 aliphatic heterocycles. The van der Waals surface area contributed by atoms with Gasteiger partial charge in [-0.25, -0.2) is 4.57 Å². The summed E-state index contributed by atoms with van der Waals surface area (Å²) in [5.41, 5.74) is 0. The minimum absolute atomic E-state index is 0.0762. The van der Waals surface area contributed by atoms with Crippen LogP contribution in [0.25, 0.3) is 0 Å². The number of hydrogen-bond acceptors (Lipinski definition) is 11. The van der Waals surface area contributed by atoms with Gasteiger partial charge in [0, 0.05) is 12.8 Å². The van der Waals surface area contributed by atoms with Crippen LogP contribution >= 0.6 is 7.82 Å². The van der Waals surface area contributed by atoms with Crippen molar-refractivity contribution in [1.82, 2.24) is 0 Å². The van der Waals surface area contributed by atoms with Crippen LogP contribution in [0.4, 0.5) is 0 Å². The van der Waals surface area contributed by atoms with E-state index in [-0.39, 0.29) is 32.1 Å². The Kier molecular flexibility index (Phi) is 39.3. The van der Waals surface area contributed by atoms with Gasteiger partial charge in [-0.1, -0.05) is 132 Å². The molecule has 0 aliphatic carbocycles. The van der Waals surface area contributed by atoms with Gasteiger partial charge in [0.15, 0.2) is 6.10 Å². The van der Waals surface area contributed by atoms with E-state index in [9.17, 15) is 34.4 Å². The molecule has 0 amide bonds. The van der Waals surface area contributed by atoms with Crippen LogP contribution in [-0.4, -0.2) is 88.1 Å². The highest BCUT2D eigenvalue weighted by Gasteiger charge is 2.27. The molecule has 0 spiro atoms. The molecule has 5 atom stereocenters. The summed E-state index contributed by atoms with van der Waals surface area (Å²) < 4.78 is 32.5. The number of carbonyl (C=O) groups excluding carboxylic acids is 2. The highest BCUT2D eigenvalue weighted by Crippen LogP contribution is 2.43. The molecule has 0 bridgehead atoms. The first-order valence-electron chi connectivity index (χ1n) is 22.4. The summed E-state index contributed by atoms with van der Waals surface area (Å²) in [6, 6.07) is 0. The van der Waals surface area contributed by atoms with Crippen LogP contribution in [0, 0.1) is 0 Å². The van der Waals surface area contributed by atoms with Gasteiger partial charge in [-0.15, -0.1) is 0 Å². The Morgan fingerprint density at radius 3 is 1.59 bits per heavy atom. The normalized spacial score (nSPS) is 15.4. The van der Waals surface area contributed by atoms with Gasteiger partial charge in [0.1, 0.15) is 12.7 Å². The van der Waals surface area contributed by atoms with Crippen LogP contribution in [0.3, 0.4) is 0 Å². The van der Waals surface area contributed by atoms with Crippen molar-refractivity contribution < 1.29 is 58.0 Å². The van der Waals surface area contributed by atoms with Crippen LogP contribution < -0.4 is 0 Å². The van der Waals surface area contributed by atoms with E-state index in [1.807, 2.05) is 12.2 Å². The summed E-state index contributed by atoms with van der Waals surface area (Å²) in [7, 11) is -4.69. The number of rotatable bonds is 41. The first-order valence-corrected chi connectivity index (χ1v) is 23.9. The Bertz CT molecular complexity index is 1200. The smallest absolute Gasteiger partial charge is 0.462 e. The lowest BCUT2D eigenvalue weighted by atomic mass is 10.0. The molecule has 0 aromatic heterocycles. The van der Waals surface area contributed by atoms with Crippen molar-refractivity contribution in [2.45, 2.75) is 192 Å². The number of aliphatic hydroxyl groups is 4. The monoisotopic (exact) mass is 857 g/mol. The third-order valence-electron chi connectivity index (χ3n) is 9.35. The van der Waals surface area contributed by atoms with Crippen LogP contribution in [0.15, 0.2) is 60.8 Å². The molecule has 0 heterocycles.